The van der Waals surface area contributed by atoms with E-state index in [1.165, 1.54) is 4.90 Å². The molecule has 2 amide bonds. The largest absolute Gasteiger partial charge is 0.335 e. The Hall–Kier alpha value is -1.11. The summed E-state index contributed by atoms with van der Waals surface area (Å²) in [5, 5.41) is 0. The molecule has 6 nitrogen and oxygen atoms in total. The van der Waals surface area contributed by atoms with Gasteiger partial charge < -0.3 is 9.80 Å². The van der Waals surface area contributed by atoms with E-state index in [2.05, 4.69) is 0 Å². The minimum Gasteiger partial charge on any atom is -0.335 e. The Morgan fingerprint density at radius 3 is 2.56 bits per heavy atom. The molecule has 0 aliphatic carbocycles. The lowest BCUT2D eigenvalue weighted by atomic mass is 10.2. The number of piperazine rings is 1. The van der Waals surface area contributed by atoms with E-state index < -0.39 is 9.84 Å². The van der Waals surface area contributed by atoms with Crippen LogP contribution in [0, 0.1) is 0 Å². The zero-order valence-corrected chi connectivity index (χ0v) is 9.65. The van der Waals surface area contributed by atoms with Crippen molar-refractivity contribution in [3.8, 4) is 0 Å². The van der Waals surface area contributed by atoms with E-state index in [4.69, 9.17) is 0 Å². The molecule has 90 valence electrons. The SMILES string of the molecule is O=CN1CCN([C@H]2CCS(=O)(=O)C2)C(=O)C1. The molecule has 16 heavy (non-hydrogen) atoms. The fraction of sp³-hybridized carbons (Fsp3) is 0.778. The Morgan fingerprint density at radius 1 is 1.31 bits per heavy atom. The number of hydrogen-bond acceptors (Lipinski definition) is 4. The molecule has 2 heterocycles. The van der Waals surface area contributed by atoms with Crippen LogP contribution in [-0.2, 0) is 19.4 Å². The van der Waals surface area contributed by atoms with Gasteiger partial charge in [0.15, 0.2) is 9.84 Å². The Balaban J connectivity index is 2.02. The number of carbonyl (C=O) groups excluding carboxylic acids is 2. The fourth-order valence-electron chi connectivity index (χ4n) is 2.20. The van der Waals surface area contributed by atoms with Gasteiger partial charge in [-0.2, -0.15) is 0 Å². The number of hydrogen-bond donors (Lipinski definition) is 0. The topological polar surface area (TPSA) is 74.8 Å². The van der Waals surface area contributed by atoms with Gasteiger partial charge in [-0.15, -0.1) is 0 Å². The van der Waals surface area contributed by atoms with Gasteiger partial charge in [-0.3, -0.25) is 9.59 Å². The predicted molar refractivity (Wildman–Crippen MR) is 56.4 cm³/mol. The molecule has 1 atom stereocenters. The van der Waals surface area contributed by atoms with E-state index in [9.17, 15) is 18.0 Å². The second kappa shape index (κ2) is 4.04. The second-order valence-electron chi connectivity index (χ2n) is 4.22. The van der Waals surface area contributed by atoms with Crippen molar-refractivity contribution in [2.24, 2.45) is 0 Å². The Morgan fingerprint density at radius 2 is 2.06 bits per heavy atom. The normalized spacial score (nSPS) is 29.5. The number of nitrogens with zero attached hydrogens (tertiary/aromatic N) is 2. The molecule has 0 radical (unpaired) electrons. The van der Waals surface area contributed by atoms with Crippen molar-refractivity contribution >= 4 is 22.2 Å². The summed E-state index contributed by atoms with van der Waals surface area (Å²) in [6, 6.07) is -0.189. The molecule has 0 aromatic carbocycles. The van der Waals surface area contributed by atoms with Crippen molar-refractivity contribution in [3.05, 3.63) is 0 Å². The highest BCUT2D eigenvalue weighted by Gasteiger charge is 2.36. The molecule has 0 saturated carbocycles. The minimum absolute atomic E-state index is 0.0693. The lowest BCUT2D eigenvalue weighted by Crippen LogP contribution is -2.53. The highest BCUT2D eigenvalue weighted by molar-refractivity contribution is 7.91. The molecule has 0 aromatic rings. The highest BCUT2D eigenvalue weighted by atomic mass is 32.2. The maximum atomic E-state index is 11.7. The molecule has 2 aliphatic rings. The summed E-state index contributed by atoms with van der Waals surface area (Å²) in [4.78, 5) is 25.2. The summed E-state index contributed by atoms with van der Waals surface area (Å²) in [5.74, 6) is 0.0824. The monoisotopic (exact) mass is 246 g/mol. The maximum Gasteiger partial charge on any atom is 0.242 e. The first kappa shape index (κ1) is 11.4. The van der Waals surface area contributed by atoms with Crippen LogP contribution in [0.1, 0.15) is 6.42 Å². The molecule has 2 saturated heterocycles. The average Bonchev–Trinajstić information content (AvgIpc) is 2.58. The van der Waals surface area contributed by atoms with E-state index in [1.54, 1.807) is 4.90 Å². The molecule has 2 rings (SSSR count). The number of rotatable bonds is 2. The first-order valence-corrected chi connectivity index (χ1v) is 7.03. The first-order valence-electron chi connectivity index (χ1n) is 5.21. The van der Waals surface area contributed by atoms with Gasteiger partial charge >= 0.3 is 0 Å². The van der Waals surface area contributed by atoms with Crippen LogP contribution in [0.3, 0.4) is 0 Å². The summed E-state index contributed by atoms with van der Waals surface area (Å²) >= 11 is 0. The smallest absolute Gasteiger partial charge is 0.242 e. The molecule has 0 aromatic heterocycles. The predicted octanol–water partition coefficient (Wildman–Crippen LogP) is -1.53. The molecular formula is C9H14N2O4S. The first-order chi connectivity index (χ1) is 7.52. The van der Waals surface area contributed by atoms with Crippen molar-refractivity contribution in [1.29, 1.82) is 0 Å². The van der Waals surface area contributed by atoms with Crippen LogP contribution in [-0.4, -0.2) is 67.7 Å². The molecule has 7 heteroatoms. The minimum atomic E-state index is -2.96. The van der Waals surface area contributed by atoms with Gasteiger partial charge in [-0.25, -0.2) is 8.42 Å². The van der Waals surface area contributed by atoms with E-state index in [0.29, 0.717) is 25.9 Å². The van der Waals surface area contributed by atoms with Gasteiger partial charge in [0.05, 0.1) is 18.1 Å². The van der Waals surface area contributed by atoms with Crippen LogP contribution < -0.4 is 0 Å². The highest BCUT2D eigenvalue weighted by Crippen LogP contribution is 2.19. The molecule has 2 fully saturated rings. The van der Waals surface area contributed by atoms with Crippen molar-refractivity contribution in [1.82, 2.24) is 9.80 Å². The number of sulfone groups is 1. The van der Waals surface area contributed by atoms with Gasteiger partial charge in [0.2, 0.25) is 12.3 Å². The summed E-state index contributed by atoms with van der Waals surface area (Å²) in [5.41, 5.74) is 0. The van der Waals surface area contributed by atoms with Crippen molar-refractivity contribution in [3.63, 3.8) is 0 Å². The third-order valence-electron chi connectivity index (χ3n) is 3.09. The third-order valence-corrected chi connectivity index (χ3v) is 4.84. The van der Waals surface area contributed by atoms with E-state index in [1.807, 2.05) is 0 Å². The van der Waals surface area contributed by atoms with Gasteiger partial charge in [0, 0.05) is 19.1 Å². The van der Waals surface area contributed by atoms with E-state index in [0.717, 1.165) is 0 Å². The summed E-state index contributed by atoms with van der Waals surface area (Å²) in [7, 11) is -2.96. The lowest BCUT2D eigenvalue weighted by molar-refractivity contribution is -0.142. The molecule has 0 unspecified atom stereocenters. The lowest BCUT2D eigenvalue weighted by Gasteiger charge is -2.35. The Kier molecular flexibility index (Phi) is 2.88. The third kappa shape index (κ3) is 2.18. The van der Waals surface area contributed by atoms with E-state index >= 15 is 0 Å². The van der Waals surface area contributed by atoms with Gasteiger partial charge in [-0.05, 0) is 6.42 Å². The molecule has 0 spiro atoms. The molecule has 0 bridgehead atoms. The van der Waals surface area contributed by atoms with E-state index in [-0.39, 0.29) is 30.0 Å². The Labute approximate surface area is 94.1 Å². The van der Waals surface area contributed by atoms with Crippen molar-refractivity contribution in [2.75, 3.05) is 31.1 Å². The summed E-state index contributed by atoms with van der Waals surface area (Å²) in [6.45, 7) is 1.00. The molecule has 0 N–H and O–H groups in total. The number of amides is 2. The van der Waals surface area contributed by atoms with Crippen LogP contribution in [0.15, 0.2) is 0 Å². The summed E-state index contributed by atoms with van der Waals surface area (Å²) in [6.07, 6.45) is 1.18. The van der Waals surface area contributed by atoms with Crippen LogP contribution in [0.25, 0.3) is 0 Å². The van der Waals surface area contributed by atoms with Gasteiger partial charge in [0.25, 0.3) is 0 Å². The van der Waals surface area contributed by atoms with Gasteiger partial charge in [-0.1, -0.05) is 0 Å². The fourth-order valence-corrected chi connectivity index (χ4v) is 3.93. The van der Waals surface area contributed by atoms with Crippen molar-refractivity contribution < 1.29 is 18.0 Å². The molecule has 2 aliphatic heterocycles. The molecular weight excluding hydrogens is 232 g/mol. The van der Waals surface area contributed by atoms with Gasteiger partial charge in [0.1, 0.15) is 0 Å². The zero-order valence-electron chi connectivity index (χ0n) is 8.83. The number of carbonyl (C=O) groups is 2. The van der Waals surface area contributed by atoms with Crippen LogP contribution in [0.2, 0.25) is 0 Å². The van der Waals surface area contributed by atoms with Crippen molar-refractivity contribution in [2.45, 2.75) is 12.5 Å². The Bertz CT molecular complexity index is 406. The van der Waals surface area contributed by atoms with Crippen LogP contribution in [0.5, 0.6) is 0 Å². The summed E-state index contributed by atoms with van der Waals surface area (Å²) < 4.78 is 22.6. The average molecular weight is 246 g/mol. The quantitative estimate of drug-likeness (QED) is 0.554. The zero-order chi connectivity index (χ0) is 11.8. The van der Waals surface area contributed by atoms with Crippen LogP contribution >= 0.6 is 0 Å². The standard InChI is InChI=1S/C9H14N2O4S/c12-7-10-2-3-11(9(13)5-10)8-1-4-16(14,15)6-8/h7-8H,1-6H2/t8-/m0/s1. The second-order valence-corrected chi connectivity index (χ2v) is 6.45. The van der Waals surface area contributed by atoms with Crippen LogP contribution in [0.4, 0.5) is 0 Å². The maximum absolute atomic E-state index is 11.7.